The minimum atomic E-state index is -4.06. The maximum Gasteiger partial charge on any atom is 0.269 e. The average Bonchev–Trinajstić information content (AvgIpc) is 3.41. The molecule has 35 heavy (non-hydrogen) atoms. The number of nitrogens with zero attached hydrogens (tertiary/aromatic N) is 2. The number of carbonyl (C=O) groups is 3. The predicted octanol–water partition coefficient (Wildman–Crippen LogP) is 2.84. The molecule has 1 heterocycles. The molecule has 1 N–H and O–H groups in total. The molecule has 1 fully saturated rings. The van der Waals surface area contributed by atoms with Crippen molar-refractivity contribution in [3.63, 3.8) is 0 Å². The van der Waals surface area contributed by atoms with E-state index in [1.807, 2.05) is 0 Å². The van der Waals surface area contributed by atoms with Crippen molar-refractivity contribution in [2.24, 2.45) is 0 Å². The fraction of sp³-hybridized carbons (Fsp3) is 0.400. The lowest BCUT2D eigenvalue weighted by atomic mass is 10.1. The number of carbonyl (C=O) groups excluding carboxylic acids is 3. The first-order valence-electron chi connectivity index (χ1n) is 11.7. The van der Waals surface area contributed by atoms with Crippen LogP contribution in [-0.4, -0.2) is 54.0 Å². The van der Waals surface area contributed by atoms with Crippen molar-refractivity contribution in [2.75, 3.05) is 6.54 Å². The van der Waals surface area contributed by atoms with Crippen LogP contribution in [0.15, 0.2) is 53.4 Å². The van der Waals surface area contributed by atoms with Crippen molar-refractivity contribution in [1.29, 1.82) is 0 Å². The third-order valence-electron chi connectivity index (χ3n) is 6.61. The van der Waals surface area contributed by atoms with E-state index in [4.69, 9.17) is 0 Å². The van der Waals surface area contributed by atoms with Crippen LogP contribution in [0.2, 0.25) is 0 Å². The predicted molar refractivity (Wildman–Crippen MR) is 126 cm³/mol. The van der Waals surface area contributed by atoms with Gasteiger partial charge in [-0.05, 0) is 38.0 Å². The van der Waals surface area contributed by atoms with Crippen molar-refractivity contribution < 1.29 is 27.2 Å². The molecule has 10 heteroatoms. The third-order valence-corrected chi connectivity index (χ3v) is 8.45. The highest BCUT2D eigenvalue weighted by molar-refractivity contribution is 7.90. The Balaban J connectivity index is 1.51. The molecule has 0 aromatic heterocycles. The number of nitrogens with one attached hydrogen (secondary N) is 1. The standard InChI is InChI=1S/C25H28FN3O5S/c1-17(24(31)27-19-9-3-4-10-19)28(16-18-8-2-6-12-21(18)26)23(30)14-15-29-25(32)20-11-5-7-13-22(20)35(29,33)34/h2,5-8,11-13,17,19H,3-4,9-10,14-16H2,1H3,(H,27,31). The van der Waals surface area contributed by atoms with E-state index in [9.17, 15) is 27.2 Å². The lowest BCUT2D eigenvalue weighted by molar-refractivity contribution is -0.141. The molecule has 0 bridgehead atoms. The molecule has 2 aromatic rings. The summed E-state index contributed by atoms with van der Waals surface area (Å²) in [5.41, 5.74) is 0.297. The summed E-state index contributed by atoms with van der Waals surface area (Å²) < 4.78 is 40.7. The van der Waals surface area contributed by atoms with E-state index in [2.05, 4.69) is 5.32 Å². The maximum atomic E-state index is 14.4. The van der Waals surface area contributed by atoms with Crippen molar-refractivity contribution in [3.8, 4) is 0 Å². The SMILES string of the molecule is CC(C(=O)NC1CCCC1)N(Cc1ccccc1F)C(=O)CCN1C(=O)c2ccccc2S1(=O)=O. The van der Waals surface area contributed by atoms with E-state index in [-0.39, 0.29) is 47.5 Å². The first kappa shape index (κ1) is 24.8. The summed E-state index contributed by atoms with van der Waals surface area (Å²) in [6.45, 7) is 1.03. The zero-order valence-electron chi connectivity index (χ0n) is 19.4. The number of hydrogen-bond acceptors (Lipinski definition) is 5. The molecule has 0 radical (unpaired) electrons. The molecule has 1 aliphatic heterocycles. The first-order valence-corrected chi connectivity index (χ1v) is 13.1. The second-order valence-corrected chi connectivity index (χ2v) is 10.7. The Morgan fingerprint density at radius 3 is 2.46 bits per heavy atom. The maximum absolute atomic E-state index is 14.4. The zero-order chi connectivity index (χ0) is 25.2. The number of fused-ring (bicyclic) bond motifs is 1. The molecule has 0 saturated heterocycles. The van der Waals surface area contributed by atoms with Gasteiger partial charge >= 0.3 is 0 Å². The Hall–Kier alpha value is -3.27. The summed E-state index contributed by atoms with van der Waals surface area (Å²) in [7, 11) is -4.06. The lowest BCUT2D eigenvalue weighted by Gasteiger charge is -2.30. The molecule has 2 aromatic carbocycles. The summed E-state index contributed by atoms with van der Waals surface area (Å²) in [6.07, 6.45) is 3.45. The van der Waals surface area contributed by atoms with Gasteiger partial charge in [0.05, 0.1) is 5.56 Å². The van der Waals surface area contributed by atoms with E-state index < -0.39 is 33.7 Å². The molecule has 2 aliphatic rings. The fourth-order valence-corrected chi connectivity index (χ4v) is 6.15. The van der Waals surface area contributed by atoms with Crippen LogP contribution in [0.1, 0.15) is 54.9 Å². The molecule has 1 atom stereocenters. The van der Waals surface area contributed by atoms with Crippen molar-refractivity contribution in [1.82, 2.24) is 14.5 Å². The zero-order valence-corrected chi connectivity index (χ0v) is 20.3. The third kappa shape index (κ3) is 5.07. The summed E-state index contributed by atoms with van der Waals surface area (Å²) in [6, 6.07) is 11.0. The normalized spacial score (nSPS) is 17.8. The van der Waals surface area contributed by atoms with Crippen LogP contribution < -0.4 is 5.32 Å². The van der Waals surface area contributed by atoms with Gasteiger partial charge in [0.25, 0.3) is 15.9 Å². The molecule has 8 nitrogen and oxygen atoms in total. The van der Waals surface area contributed by atoms with Crippen LogP contribution in [0.25, 0.3) is 0 Å². The number of hydrogen-bond donors (Lipinski definition) is 1. The Bertz CT molecular complexity index is 1240. The minimum Gasteiger partial charge on any atom is -0.352 e. The monoisotopic (exact) mass is 501 g/mol. The Labute approximate surface area is 204 Å². The van der Waals surface area contributed by atoms with E-state index in [1.165, 1.54) is 41.3 Å². The Kier molecular flexibility index (Phi) is 7.20. The minimum absolute atomic E-state index is 0.0428. The highest BCUT2D eigenvalue weighted by Gasteiger charge is 2.41. The first-order chi connectivity index (χ1) is 16.7. The summed E-state index contributed by atoms with van der Waals surface area (Å²) in [5.74, 6) is -2.11. The second-order valence-electron chi connectivity index (χ2n) is 8.91. The van der Waals surface area contributed by atoms with Crippen molar-refractivity contribution >= 4 is 27.7 Å². The highest BCUT2D eigenvalue weighted by atomic mass is 32.2. The van der Waals surface area contributed by atoms with Gasteiger partial charge in [-0.1, -0.05) is 43.2 Å². The Morgan fingerprint density at radius 1 is 1.11 bits per heavy atom. The fourth-order valence-electron chi connectivity index (χ4n) is 4.58. The van der Waals surface area contributed by atoms with Crippen molar-refractivity contribution in [3.05, 3.63) is 65.5 Å². The number of rotatable bonds is 8. The quantitative estimate of drug-likeness (QED) is 0.599. The van der Waals surface area contributed by atoms with Gasteiger partial charge in [0.2, 0.25) is 11.8 Å². The van der Waals surface area contributed by atoms with Crippen molar-refractivity contribution in [2.45, 2.75) is 62.6 Å². The molecule has 1 unspecified atom stereocenters. The highest BCUT2D eigenvalue weighted by Crippen LogP contribution is 2.30. The van der Waals surface area contributed by atoms with Gasteiger partial charge in [-0.15, -0.1) is 0 Å². The smallest absolute Gasteiger partial charge is 0.269 e. The summed E-state index contributed by atoms with van der Waals surface area (Å²) in [4.78, 5) is 40.0. The van der Waals surface area contributed by atoms with Crippen LogP contribution in [-0.2, 0) is 26.2 Å². The van der Waals surface area contributed by atoms with E-state index in [0.29, 0.717) is 4.31 Å². The number of amides is 3. The van der Waals surface area contributed by atoms with Gasteiger partial charge in [0, 0.05) is 31.1 Å². The molecule has 1 aliphatic carbocycles. The van der Waals surface area contributed by atoms with E-state index >= 15 is 0 Å². The van der Waals surface area contributed by atoms with Crippen LogP contribution >= 0.6 is 0 Å². The molecule has 186 valence electrons. The number of sulfonamides is 1. The lowest BCUT2D eigenvalue weighted by Crippen LogP contribution is -2.50. The van der Waals surface area contributed by atoms with Crippen LogP contribution in [0.5, 0.6) is 0 Å². The average molecular weight is 502 g/mol. The second kappa shape index (κ2) is 10.2. The largest absolute Gasteiger partial charge is 0.352 e. The van der Waals surface area contributed by atoms with Gasteiger partial charge in [-0.25, -0.2) is 17.1 Å². The Morgan fingerprint density at radius 2 is 1.77 bits per heavy atom. The molecular formula is C25H28FN3O5S. The van der Waals surface area contributed by atoms with Gasteiger partial charge < -0.3 is 10.2 Å². The van der Waals surface area contributed by atoms with Crippen LogP contribution in [0.4, 0.5) is 4.39 Å². The van der Waals surface area contributed by atoms with Gasteiger partial charge in [0.15, 0.2) is 0 Å². The van der Waals surface area contributed by atoms with E-state index in [1.54, 1.807) is 19.1 Å². The van der Waals surface area contributed by atoms with Gasteiger partial charge in [-0.2, -0.15) is 0 Å². The van der Waals surface area contributed by atoms with Crippen LogP contribution in [0, 0.1) is 5.82 Å². The molecule has 1 saturated carbocycles. The number of halogens is 1. The molecule has 3 amide bonds. The molecular weight excluding hydrogens is 473 g/mol. The van der Waals surface area contributed by atoms with Gasteiger partial charge in [-0.3, -0.25) is 14.4 Å². The molecule has 0 spiro atoms. The van der Waals surface area contributed by atoms with Gasteiger partial charge in [0.1, 0.15) is 16.8 Å². The van der Waals surface area contributed by atoms with E-state index in [0.717, 1.165) is 25.7 Å². The summed E-state index contributed by atoms with van der Waals surface area (Å²) >= 11 is 0. The molecule has 4 rings (SSSR count). The topological polar surface area (TPSA) is 104 Å². The van der Waals surface area contributed by atoms with Crippen LogP contribution in [0.3, 0.4) is 0 Å². The number of benzene rings is 2. The summed E-state index contributed by atoms with van der Waals surface area (Å²) in [5, 5.41) is 2.96.